The van der Waals surface area contributed by atoms with E-state index < -0.39 is 0 Å². The van der Waals surface area contributed by atoms with Crippen LogP contribution in [0.2, 0.25) is 0 Å². The molecule has 2 heterocycles. The van der Waals surface area contributed by atoms with Gasteiger partial charge in [0.15, 0.2) is 0 Å². The molecule has 2 aromatic heterocycles. The molecule has 0 unspecified atom stereocenters. The van der Waals surface area contributed by atoms with Crippen LogP contribution in [-0.4, -0.2) is 22.1 Å². The number of rotatable bonds is 6. The fraction of sp³-hybridized carbons (Fsp3) is 0.353. The molecule has 1 N–H and O–H groups in total. The molecule has 3 aromatic rings. The second-order valence-electron chi connectivity index (χ2n) is 5.58. The van der Waals surface area contributed by atoms with Crippen molar-refractivity contribution >= 4 is 22.2 Å². The molecule has 0 atom stereocenters. The SMILES string of the molecule is CC(C)NCCc1cn(Cc2nccs2)c2ccccc12. The first-order chi connectivity index (χ1) is 10.2. The predicted octanol–water partition coefficient (Wildman–Crippen LogP) is 3.69. The normalized spacial score (nSPS) is 11.6. The molecule has 4 heteroatoms. The van der Waals surface area contributed by atoms with E-state index in [-0.39, 0.29) is 0 Å². The molecule has 0 amide bonds. The third kappa shape index (κ3) is 3.34. The second-order valence-corrected chi connectivity index (χ2v) is 6.56. The molecule has 0 spiro atoms. The minimum absolute atomic E-state index is 0.536. The monoisotopic (exact) mass is 299 g/mol. The van der Waals surface area contributed by atoms with Crippen LogP contribution < -0.4 is 5.32 Å². The van der Waals surface area contributed by atoms with Gasteiger partial charge in [-0.2, -0.15) is 0 Å². The zero-order chi connectivity index (χ0) is 14.7. The average molecular weight is 299 g/mol. The van der Waals surface area contributed by atoms with Gasteiger partial charge in [0, 0.05) is 34.7 Å². The van der Waals surface area contributed by atoms with E-state index in [0.29, 0.717) is 6.04 Å². The minimum Gasteiger partial charge on any atom is -0.340 e. The summed E-state index contributed by atoms with van der Waals surface area (Å²) in [5.41, 5.74) is 2.71. The van der Waals surface area contributed by atoms with Crippen molar-refractivity contribution in [3.63, 3.8) is 0 Å². The predicted molar refractivity (Wildman–Crippen MR) is 90.0 cm³/mol. The number of benzene rings is 1. The molecule has 3 rings (SSSR count). The summed E-state index contributed by atoms with van der Waals surface area (Å²) >= 11 is 1.71. The van der Waals surface area contributed by atoms with Gasteiger partial charge in [0.05, 0.1) is 6.54 Å². The van der Waals surface area contributed by atoms with E-state index in [0.717, 1.165) is 24.5 Å². The van der Waals surface area contributed by atoms with Crippen molar-refractivity contribution in [2.24, 2.45) is 0 Å². The maximum absolute atomic E-state index is 4.40. The van der Waals surface area contributed by atoms with Crippen LogP contribution in [0.1, 0.15) is 24.4 Å². The van der Waals surface area contributed by atoms with Crippen LogP contribution >= 0.6 is 11.3 Å². The second kappa shape index (κ2) is 6.41. The number of nitrogens with zero attached hydrogens (tertiary/aromatic N) is 2. The Morgan fingerprint density at radius 2 is 2.14 bits per heavy atom. The van der Waals surface area contributed by atoms with Crippen molar-refractivity contribution in [1.29, 1.82) is 0 Å². The van der Waals surface area contributed by atoms with Crippen LogP contribution in [0.3, 0.4) is 0 Å². The van der Waals surface area contributed by atoms with Gasteiger partial charge in [0.2, 0.25) is 0 Å². The molecular formula is C17H21N3S. The van der Waals surface area contributed by atoms with Gasteiger partial charge in [-0.1, -0.05) is 32.0 Å². The molecule has 0 aliphatic rings. The Hall–Kier alpha value is -1.65. The van der Waals surface area contributed by atoms with Crippen LogP contribution in [0.5, 0.6) is 0 Å². The Bertz CT molecular complexity index is 698. The third-order valence-electron chi connectivity index (χ3n) is 3.61. The topological polar surface area (TPSA) is 29.9 Å². The fourth-order valence-electron chi connectivity index (χ4n) is 2.63. The molecule has 0 saturated carbocycles. The quantitative estimate of drug-likeness (QED) is 0.752. The summed E-state index contributed by atoms with van der Waals surface area (Å²) in [6.45, 7) is 6.25. The van der Waals surface area contributed by atoms with Gasteiger partial charge in [-0.25, -0.2) is 4.98 Å². The van der Waals surface area contributed by atoms with Crippen molar-refractivity contribution in [3.05, 3.63) is 52.6 Å². The van der Waals surface area contributed by atoms with Crippen LogP contribution in [0.25, 0.3) is 10.9 Å². The summed E-state index contributed by atoms with van der Waals surface area (Å²) in [5.74, 6) is 0. The van der Waals surface area contributed by atoms with Gasteiger partial charge in [-0.15, -0.1) is 11.3 Å². The van der Waals surface area contributed by atoms with Gasteiger partial charge < -0.3 is 9.88 Å². The van der Waals surface area contributed by atoms with Crippen molar-refractivity contribution in [2.75, 3.05) is 6.54 Å². The summed E-state index contributed by atoms with van der Waals surface area (Å²) in [4.78, 5) is 4.40. The van der Waals surface area contributed by atoms with Crippen LogP contribution in [-0.2, 0) is 13.0 Å². The lowest BCUT2D eigenvalue weighted by Gasteiger charge is -2.06. The number of hydrogen-bond acceptors (Lipinski definition) is 3. The van der Waals surface area contributed by atoms with E-state index >= 15 is 0 Å². The molecule has 0 saturated heterocycles. The Morgan fingerprint density at radius 3 is 2.90 bits per heavy atom. The maximum Gasteiger partial charge on any atom is 0.112 e. The first kappa shape index (κ1) is 14.3. The number of hydrogen-bond donors (Lipinski definition) is 1. The molecule has 3 nitrogen and oxygen atoms in total. The highest BCUT2D eigenvalue weighted by Gasteiger charge is 2.09. The Labute approximate surface area is 129 Å². The highest BCUT2D eigenvalue weighted by molar-refractivity contribution is 7.09. The van der Waals surface area contributed by atoms with Crippen LogP contribution in [0.4, 0.5) is 0 Å². The van der Waals surface area contributed by atoms with Gasteiger partial charge in [-0.05, 0) is 24.6 Å². The lowest BCUT2D eigenvalue weighted by atomic mass is 10.1. The average Bonchev–Trinajstić information content (AvgIpc) is 3.09. The molecule has 110 valence electrons. The van der Waals surface area contributed by atoms with E-state index in [1.165, 1.54) is 16.5 Å². The van der Waals surface area contributed by atoms with Gasteiger partial charge >= 0.3 is 0 Å². The largest absolute Gasteiger partial charge is 0.340 e. The van der Waals surface area contributed by atoms with Crippen molar-refractivity contribution in [2.45, 2.75) is 32.9 Å². The highest BCUT2D eigenvalue weighted by Crippen LogP contribution is 2.23. The summed E-state index contributed by atoms with van der Waals surface area (Å²) in [6, 6.07) is 9.18. The number of para-hydroxylation sites is 1. The van der Waals surface area contributed by atoms with Crippen LogP contribution in [0, 0.1) is 0 Å². The van der Waals surface area contributed by atoms with E-state index in [1.54, 1.807) is 11.3 Å². The van der Waals surface area contributed by atoms with Crippen molar-refractivity contribution < 1.29 is 0 Å². The van der Waals surface area contributed by atoms with Crippen LogP contribution in [0.15, 0.2) is 42.0 Å². The Balaban J connectivity index is 1.86. The highest BCUT2D eigenvalue weighted by atomic mass is 32.1. The Kier molecular flexibility index (Phi) is 4.36. The first-order valence-corrected chi connectivity index (χ1v) is 8.30. The summed E-state index contributed by atoms with van der Waals surface area (Å²) in [5, 5.41) is 8.05. The minimum atomic E-state index is 0.536. The smallest absolute Gasteiger partial charge is 0.112 e. The fourth-order valence-corrected chi connectivity index (χ4v) is 3.24. The molecule has 0 radical (unpaired) electrons. The number of aromatic nitrogens is 2. The lowest BCUT2D eigenvalue weighted by molar-refractivity contribution is 0.590. The maximum atomic E-state index is 4.40. The van der Waals surface area contributed by atoms with E-state index in [4.69, 9.17) is 0 Å². The van der Waals surface area contributed by atoms with Gasteiger partial charge in [0.25, 0.3) is 0 Å². The number of fused-ring (bicyclic) bond motifs is 1. The van der Waals surface area contributed by atoms with Crippen molar-refractivity contribution in [3.8, 4) is 0 Å². The zero-order valence-corrected chi connectivity index (χ0v) is 13.4. The van der Waals surface area contributed by atoms with Gasteiger partial charge in [-0.3, -0.25) is 0 Å². The molecule has 0 aliphatic carbocycles. The van der Waals surface area contributed by atoms with Gasteiger partial charge in [0.1, 0.15) is 5.01 Å². The summed E-state index contributed by atoms with van der Waals surface area (Å²) in [6.07, 6.45) is 5.22. The molecule has 1 aromatic carbocycles. The standard InChI is InChI=1S/C17H21N3S/c1-13(2)18-8-7-14-11-20(12-17-19-9-10-21-17)16-6-4-3-5-15(14)16/h3-6,9-11,13,18H,7-8,12H2,1-2H3. The Morgan fingerprint density at radius 1 is 1.29 bits per heavy atom. The molecule has 0 aliphatic heterocycles. The van der Waals surface area contributed by atoms with Crippen molar-refractivity contribution in [1.82, 2.24) is 14.9 Å². The lowest BCUT2D eigenvalue weighted by Crippen LogP contribution is -2.24. The first-order valence-electron chi connectivity index (χ1n) is 7.42. The van der Waals surface area contributed by atoms with E-state index in [9.17, 15) is 0 Å². The summed E-state index contributed by atoms with van der Waals surface area (Å²) < 4.78 is 2.32. The molecule has 0 bridgehead atoms. The molecule has 0 fully saturated rings. The number of thiazole rings is 1. The summed E-state index contributed by atoms with van der Waals surface area (Å²) in [7, 11) is 0. The zero-order valence-electron chi connectivity index (χ0n) is 12.5. The number of nitrogens with one attached hydrogen (secondary N) is 1. The molecular weight excluding hydrogens is 278 g/mol. The molecule has 21 heavy (non-hydrogen) atoms. The third-order valence-corrected chi connectivity index (χ3v) is 4.37. The van der Waals surface area contributed by atoms with E-state index in [2.05, 4.69) is 59.2 Å². The van der Waals surface area contributed by atoms with E-state index in [1.807, 2.05) is 11.6 Å².